The van der Waals surface area contributed by atoms with Gasteiger partial charge in [-0.25, -0.2) is 4.39 Å². The second kappa shape index (κ2) is 10.6. The van der Waals surface area contributed by atoms with Gasteiger partial charge in [0.1, 0.15) is 5.82 Å². The summed E-state index contributed by atoms with van der Waals surface area (Å²) >= 11 is 1.41. The Labute approximate surface area is 210 Å². The van der Waals surface area contributed by atoms with Gasteiger partial charge in [0.2, 0.25) is 5.91 Å². The molecule has 0 N–H and O–H groups in total. The third kappa shape index (κ3) is 5.93. The van der Waals surface area contributed by atoms with E-state index >= 15 is 0 Å². The summed E-state index contributed by atoms with van der Waals surface area (Å²) in [6.07, 6.45) is 1.82. The molecule has 0 atom stereocenters. The van der Waals surface area contributed by atoms with Crippen LogP contribution in [0.4, 0.5) is 10.1 Å². The predicted octanol–water partition coefficient (Wildman–Crippen LogP) is 5.01. The van der Waals surface area contributed by atoms with Crippen LogP contribution in [0.25, 0.3) is 11.4 Å². The van der Waals surface area contributed by atoms with E-state index in [9.17, 15) is 9.18 Å². The Hall–Kier alpha value is -3.13. The second-order valence-electron chi connectivity index (χ2n) is 9.67. The van der Waals surface area contributed by atoms with Crippen LogP contribution in [0.3, 0.4) is 0 Å². The van der Waals surface area contributed by atoms with Crippen LogP contribution in [-0.4, -0.2) is 57.5 Å². The molecule has 1 aliphatic rings. The summed E-state index contributed by atoms with van der Waals surface area (Å²) in [5.41, 5.74) is 3.31. The molecule has 1 fully saturated rings. The molecule has 2 aromatic carbocycles. The average molecular weight is 494 g/mol. The number of benzene rings is 2. The van der Waals surface area contributed by atoms with Gasteiger partial charge in [0.25, 0.3) is 0 Å². The Kier molecular flexibility index (Phi) is 7.60. The summed E-state index contributed by atoms with van der Waals surface area (Å²) in [6, 6.07) is 14.9. The number of thioether (sulfide) groups is 1. The van der Waals surface area contributed by atoms with Crippen LogP contribution in [0.15, 0.2) is 66.3 Å². The zero-order valence-corrected chi connectivity index (χ0v) is 21.4. The molecule has 1 amide bonds. The van der Waals surface area contributed by atoms with Gasteiger partial charge in [-0.1, -0.05) is 62.9 Å². The molecule has 0 radical (unpaired) electrons. The summed E-state index contributed by atoms with van der Waals surface area (Å²) in [7, 11) is 0. The molecular weight excluding hydrogens is 461 g/mol. The minimum Gasteiger partial charge on any atom is -0.368 e. The van der Waals surface area contributed by atoms with E-state index < -0.39 is 0 Å². The molecule has 0 spiro atoms. The van der Waals surface area contributed by atoms with E-state index in [-0.39, 0.29) is 17.1 Å². The Morgan fingerprint density at radius 3 is 2.29 bits per heavy atom. The topological polar surface area (TPSA) is 54.3 Å². The van der Waals surface area contributed by atoms with E-state index in [2.05, 4.69) is 66.7 Å². The van der Waals surface area contributed by atoms with Crippen molar-refractivity contribution in [3.63, 3.8) is 0 Å². The fraction of sp³-hybridized carbons (Fsp3) is 0.370. The number of nitrogens with zero attached hydrogens (tertiary/aromatic N) is 5. The summed E-state index contributed by atoms with van der Waals surface area (Å²) in [6.45, 7) is 13.7. The van der Waals surface area contributed by atoms with Crippen molar-refractivity contribution in [2.75, 3.05) is 36.8 Å². The van der Waals surface area contributed by atoms with E-state index in [4.69, 9.17) is 0 Å². The summed E-state index contributed by atoms with van der Waals surface area (Å²) in [5.74, 6) is 0.912. The van der Waals surface area contributed by atoms with Crippen LogP contribution >= 0.6 is 11.8 Å². The van der Waals surface area contributed by atoms with Gasteiger partial charge in [0.15, 0.2) is 11.0 Å². The van der Waals surface area contributed by atoms with Gasteiger partial charge < -0.3 is 9.80 Å². The molecule has 4 rings (SSSR count). The van der Waals surface area contributed by atoms with Crippen molar-refractivity contribution in [3.05, 3.63) is 72.6 Å². The lowest BCUT2D eigenvalue weighted by Crippen LogP contribution is -2.49. The first kappa shape index (κ1) is 25.0. The van der Waals surface area contributed by atoms with Crippen molar-refractivity contribution in [1.82, 2.24) is 19.7 Å². The number of hydrogen-bond donors (Lipinski definition) is 0. The smallest absolute Gasteiger partial charge is 0.233 e. The second-order valence-corrected chi connectivity index (χ2v) is 10.6. The van der Waals surface area contributed by atoms with Crippen molar-refractivity contribution >= 4 is 23.4 Å². The Balaban J connectivity index is 1.38. The molecule has 8 heteroatoms. The normalized spacial score (nSPS) is 14.3. The lowest BCUT2D eigenvalue weighted by Gasteiger charge is -2.36. The molecular formula is C27H32FN5OS. The number of allylic oxidation sites excluding steroid dienone is 1. The van der Waals surface area contributed by atoms with Crippen molar-refractivity contribution in [2.24, 2.45) is 0 Å². The Bertz CT molecular complexity index is 1160. The largest absolute Gasteiger partial charge is 0.368 e. The number of anilines is 1. The van der Waals surface area contributed by atoms with Gasteiger partial charge in [-0.15, -0.1) is 16.8 Å². The molecule has 0 bridgehead atoms. The van der Waals surface area contributed by atoms with Gasteiger partial charge in [-0.2, -0.15) is 0 Å². The maximum absolute atomic E-state index is 13.2. The van der Waals surface area contributed by atoms with Crippen molar-refractivity contribution in [1.29, 1.82) is 0 Å². The van der Waals surface area contributed by atoms with Crippen LogP contribution in [0.5, 0.6) is 0 Å². The number of piperazine rings is 1. The van der Waals surface area contributed by atoms with Gasteiger partial charge in [-0.3, -0.25) is 9.36 Å². The highest BCUT2D eigenvalue weighted by Crippen LogP contribution is 2.28. The average Bonchev–Trinajstić information content (AvgIpc) is 3.25. The minimum absolute atomic E-state index is 0.0815. The Morgan fingerprint density at radius 1 is 1.03 bits per heavy atom. The zero-order valence-electron chi connectivity index (χ0n) is 20.6. The number of carbonyl (C=O) groups is 1. The molecule has 1 aliphatic heterocycles. The molecule has 1 saturated heterocycles. The van der Waals surface area contributed by atoms with E-state index in [1.165, 1.54) is 29.5 Å². The van der Waals surface area contributed by atoms with E-state index in [0.29, 0.717) is 30.5 Å². The van der Waals surface area contributed by atoms with E-state index in [1.807, 2.05) is 15.5 Å². The fourth-order valence-corrected chi connectivity index (χ4v) is 4.96. The molecule has 0 saturated carbocycles. The highest BCUT2D eigenvalue weighted by atomic mass is 32.2. The van der Waals surface area contributed by atoms with Crippen LogP contribution < -0.4 is 4.90 Å². The van der Waals surface area contributed by atoms with Crippen LogP contribution in [-0.2, 0) is 16.8 Å². The van der Waals surface area contributed by atoms with Crippen molar-refractivity contribution < 1.29 is 9.18 Å². The minimum atomic E-state index is -0.242. The maximum Gasteiger partial charge on any atom is 0.233 e. The van der Waals surface area contributed by atoms with Crippen LogP contribution in [0.2, 0.25) is 0 Å². The summed E-state index contributed by atoms with van der Waals surface area (Å²) in [5, 5.41) is 9.51. The third-order valence-electron chi connectivity index (χ3n) is 6.19. The van der Waals surface area contributed by atoms with E-state index in [1.54, 1.807) is 12.1 Å². The molecule has 0 unspecified atom stereocenters. The number of hydrogen-bond acceptors (Lipinski definition) is 5. The lowest BCUT2D eigenvalue weighted by molar-refractivity contribution is -0.128. The van der Waals surface area contributed by atoms with E-state index in [0.717, 1.165) is 30.2 Å². The highest BCUT2D eigenvalue weighted by Gasteiger charge is 2.23. The third-order valence-corrected chi connectivity index (χ3v) is 7.14. The van der Waals surface area contributed by atoms with Gasteiger partial charge in [0.05, 0.1) is 5.75 Å². The maximum atomic E-state index is 13.2. The number of halogens is 1. The first-order valence-electron chi connectivity index (χ1n) is 11.8. The monoisotopic (exact) mass is 493 g/mol. The zero-order chi connectivity index (χ0) is 25.0. The lowest BCUT2D eigenvalue weighted by atomic mass is 9.87. The first-order chi connectivity index (χ1) is 16.8. The van der Waals surface area contributed by atoms with Gasteiger partial charge in [0, 0.05) is 44.0 Å². The SMILES string of the molecule is C=CCn1c(SCC(=O)N2CCN(c3ccc(F)cc3)CC2)nnc1-c1ccc(C(C)(C)C)cc1. The predicted molar refractivity (Wildman–Crippen MR) is 140 cm³/mol. The number of rotatable bonds is 7. The molecule has 35 heavy (non-hydrogen) atoms. The standard InChI is InChI=1S/C27H32FN5OS/c1-5-14-33-25(20-6-8-21(9-7-20)27(2,3)4)29-30-26(33)35-19-24(34)32-17-15-31(16-18-32)23-12-10-22(28)11-13-23/h5-13H,1,14-19H2,2-4H3. The number of amides is 1. The van der Waals surface area contributed by atoms with Crippen molar-refractivity contribution in [2.45, 2.75) is 37.9 Å². The summed E-state index contributed by atoms with van der Waals surface area (Å²) < 4.78 is 15.2. The fourth-order valence-electron chi connectivity index (χ4n) is 4.11. The number of aromatic nitrogens is 3. The van der Waals surface area contributed by atoms with Crippen LogP contribution in [0, 0.1) is 5.82 Å². The Morgan fingerprint density at radius 2 is 1.69 bits per heavy atom. The molecule has 3 aromatic rings. The molecule has 1 aromatic heterocycles. The van der Waals surface area contributed by atoms with Gasteiger partial charge in [-0.05, 0) is 35.2 Å². The quantitative estimate of drug-likeness (QED) is 0.342. The summed E-state index contributed by atoms with van der Waals surface area (Å²) in [4.78, 5) is 17.0. The molecule has 6 nitrogen and oxygen atoms in total. The molecule has 2 heterocycles. The highest BCUT2D eigenvalue weighted by molar-refractivity contribution is 7.99. The van der Waals surface area contributed by atoms with Crippen molar-refractivity contribution in [3.8, 4) is 11.4 Å². The van der Waals surface area contributed by atoms with Gasteiger partial charge >= 0.3 is 0 Å². The number of carbonyl (C=O) groups excluding carboxylic acids is 1. The first-order valence-corrected chi connectivity index (χ1v) is 12.8. The molecule has 184 valence electrons. The molecule has 0 aliphatic carbocycles. The van der Waals surface area contributed by atoms with Crippen LogP contribution in [0.1, 0.15) is 26.3 Å².